The SMILES string of the molecule is COC(=O)c1ccc2c(c1O)C(O)=C1C(=O)[C@]3(O)C(O)=C(C(N)=O)C(=O)[C@@H](N(C)C)C3[C@@H](O)C1[C@H]2C. The van der Waals surface area contributed by atoms with Gasteiger partial charge in [-0.05, 0) is 31.6 Å². The molecule has 12 heteroatoms. The summed E-state index contributed by atoms with van der Waals surface area (Å²) in [5, 5.41) is 55.9. The molecule has 0 saturated heterocycles. The number of fused-ring (bicyclic) bond motifs is 3. The lowest BCUT2D eigenvalue weighted by molar-refractivity contribution is -0.169. The molecule has 3 aliphatic carbocycles. The Labute approximate surface area is 204 Å². The Morgan fingerprint density at radius 1 is 1.14 bits per heavy atom. The van der Waals surface area contributed by atoms with Crippen LogP contribution in [0.3, 0.4) is 0 Å². The lowest BCUT2D eigenvalue weighted by atomic mass is 9.54. The number of ether oxygens (including phenoxy) is 1. The maximum atomic E-state index is 13.8. The molecule has 1 amide bonds. The van der Waals surface area contributed by atoms with Gasteiger partial charge in [-0.2, -0.15) is 0 Å². The molecule has 0 aromatic heterocycles. The highest BCUT2D eigenvalue weighted by molar-refractivity contribution is 6.24. The summed E-state index contributed by atoms with van der Waals surface area (Å²) in [5.74, 6) is -11.0. The summed E-state index contributed by atoms with van der Waals surface area (Å²) in [5.41, 5.74) is 0.436. The molecule has 12 nitrogen and oxygen atoms in total. The van der Waals surface area contributed by atoms with Gasteiger partial charge in [0.2, 0.25) is 5.78 Å². The van der Waals surface area contributed by atoms with Gasteiger partial charge in [-0.1, -0.05) is 13.0 Å². The Balaban J connectivity index is 2.05. The number of phenolic OH excluding ortho intramolecular Hbond substituents is 1. The van der Waals surface area contributed by atoms with Gasteiger partial charge in [0, 0.05) is 11.5 Å². The summed E-state index contributed by atoms with van der Waals surface area (Å²) in [6.45, 7) is 1.59. The molecule has 2 unspecified atom stereocenters. The molecular weight excluding hydrogens is 476 g/mol. The number of nitrogens with two attached hydrogens (primary N) is 1. The predicted molar refractivity (Wildman–Crippen MR) is 122 cm³/mol. The van der Waals surface area contributed by atoms with E-state index in [-0.39, 0.29) is 16.7 Å². The summed E-state index contributed by atoms with van der Waals surface area (Å²) in [6, 6.07) is 1.26. The van der Waals surface area contributed by atoms with Crippen molar-refractivity contribution < 1.29 is 49.4 Å². The zero-order valence-corrected chi connectivity index (χ0v) is 19.8. The van der Waals surface area contributed by atoms with Crippen molar-refractivity contribution in [3.63, 3.8) is 0 Å². The van der Waals surface area contributed by atoms with E-state index in [1.165, 1.54) is 31.1 Å². The van der Waals surface area contributed by atoms with E-state index >= 15 is 0 Å². The van der Waals surface area contributed by atoms with Gasteiger partial charge in [0.15, 0.2) is 11.4 Å². The smallest absolute Gasteiger partial charge is 0.341 e. The van der Waals surface area contributed by atoms with E-state index in [4.69, 9.17) is 5.73 Å². The molecule has 1 aromatic rings. The highest BCUT2D eigenvalue weighted by atomic mass is 16.5. The van der Waals surface area contributed by atoms with E-state index < -0.39 is 87.4 Å². The number of carbonyl (C=O) groups excluding carboxylic acids is 4. The third kappa shape index (κ3) is 2.98. The maximum Gasteiger partial charge on any atom is 0.341 e. The number of amides is 1. The second kappa shape index (κ2) is 8.15. The van der Waals surface area contributed by atoms with Gasteiger partial charge < -0.3 is 36.0 Å². The fourth-order valence-electron chi connectivity index (χ4n) is 5.89. The topological polar surface area (TPSA) is 208 Å². The van der Waals surface area contributed by atoms with E-state index in [2.05, 4.69) is 4.74 Å². The molecule has 6 atom stereocenters. The Morgan fingerprint density at radius 3 is 2.28 bits per heavy atom. The maximum absolute atomic E-state index is 13.8. The van der Waals surface area contributed by atoms with Crippen molar-refractivity contribution in [3.8, 4) is 5.75 Å². The summed E-state index contributed by atoms with van der Waals surface area (Å²) in [7, 11) is 3.94. The van der Waals surface area contributed by atoms with E-state index in [9.17, 15) is 44.7 Å². The van der Waals surface area contributed by atoms with Gasteiger partial charge in [-0.25, -0.2) is 4.79 Å². The molecule has 1 aromatic carbocycles. The number of nitrogens with zero attached hydrogens (tertiary/aromatic N) is 1. The number of benzene rings is 1. The number of carbonyl (C=O) groups is 4. The molecule has 0 heterocycles. The number of primary amides is 1. The lowest BCUT2D eigenvalue weighted by Gasteiger charge is -2.53. The Bertz CT molecular complexity index is 1300. The van der Waals surface area contributed by atoms with Crippen LogP contribution in [0.1, 0.15) is 34.3 Å². The van der Waals surface area contributed by atoms with Crippen molar-refractivity contribution in [1.29, 1.82) is 0 Å². The number of ketones is 2. The molecule has 0 radical (unpaired) electrons. The quantitative estimate of drug-likeness (QED) is 0.224. The molecule has 36 heavy (non-hydrogen) atoms. The average Bonchev–Trinajstić information content (AvgIpc) is 2.80. The van der Waals surface area contributed by atoms with Crippen LogP contribution in [0.25, 0.3) is 5.76 Å². The van der Waals surface area contributed by atoms with Crippen LogP contribution >= 0.6 is 0 Å². The molecule has 0 aliphatic heterocycles. The number of aliphatic hydroxyl groups excluding tert-OH is 3. The van der Waals surface area contributed by atoms with Crippen molar-refractivity contribution in [2.45, 2.75) is 30.6 Å². The monoisotopic (exact) mass is 502 g/mol. The molecule has 192 valence electrons. The summed E-state index contributed by atoms with van der Waals surface area (Å²) >= 11 is 0. The number of phenols is 1. The normalized spacial score (nSPS) is 31.7. The van der Waals surface area contributed by atoms with Crippen LogP contribution < -0.4 is 5.73 Å². The van der Waals surface area contributed by atoms with Crippen LogP contribution in [-0.4, -0.2) is 92.8 Å². The number of aliphatic hydroxyl groups is 4. The van der Waals surface area contributed by atoms with Gasteiger partial charge >= 0.3 is 5.97 Å². The minimum absolute atomic E-state index is 0.282. The van der Waals surface area contributed by atoms with Gasteiger partial charge in [0.1, 0.15) is 28.4 Å². The number of methoxy groups -OCH3 is 1. The number of esters is 1. The largest absolute Gasteiger partial charge is 0.508 e. The number of aromatic hydroxyl groups is 1. The van der Waals surface area contributed by atoms with Crippen molar-refractivity contribution in [3.05, 3.63) is 45.7 Å². The zero-order chi connectivity index (χ0) is 27.0. The summed E-state index contributed by atoms with van der Waals surface area (Å²) < 4.78 is 4.63. The van der Waals surface area contributed by atoms with Crippen LogP contribution in [0.15, 0.2) is 29.0 Å². The average molecular weight is 502 g/mol. The van der Waals surface area contributed by atoms with E-state index in [0.29, 0.717) is 0 Å². The van der Waals surface area contributed by atoms with E-state index in [0.717, 1.165) is 7.11 Å². The fourth-order valence-corrected chi connectivity index (χ4v) is 5.89. The first-order valence-electron chi connectivity index (χ1n) is 11.0. The minimum Gasteiger partial charge on any atom is -0.508 e. The van der Waals surface area contributed by atoms with Gasteiger partial charge in [-0.3, -0.25) is 19.3 Å². The highest BCUT2D eigenvalue weighted by Crippen LogP contribution is 2.56. The molecule has 3 aliphatic rings. The van der Waals surface area contributed by atoms with E-state index in [1.54, 1.807) is 6.92 Å². The Kier molecular flexibility index (Phi) is 5.74. The molecule has 7 N–H and O–H groups in total. The van der Waals surface area contributed by atoms with Gasteiger partial charge in [0.05, 0.1) is 30.7 Å². The number of Topliss-reactive ketones (excluding diaryl/α,β-unsaturated/α-hetero) is 2. The molecule has 1 saturated carbocycles. The van der Waals surface area contributed by atoms with Crippen molar-refractivity contribution in [1.82, 2.24) is 4.90 Å². The summed E-state index contributed by atoms with van der Waals surface area (Å²) in [4.78, 5) is 52.3. The standard InChI is InChI=1S/C24H26N2O10/c1-7-8-5-6-9(23(34)36-4)16(27)11(8)17(28)12-10(7)18(29)14-15(26(2)3)19(30)13(22(25)33)21(32)24(14,35)20(12)31/h5-7,10,14-15,18,27-29,32,35H,1-4H3,(H2,25,33)/t7-,10?,14?,15-,18-,24-/m0/s1. The molecular formula is C24H26N2O10. The number of rotatable bonds is 3. The number of likely N-dealkylation sites (N-methyl/N-ethyl adjacent to an activating group) is 1. The lowest BCUT2D eigenvalue weighted by Crippen LogP contribution is -2.70. The number of hydrogen-bond acceptors (Lipinski definition) is 11. The first-order valence-corrected chi connectivity index (χ1v) is 11.0. The molecule has 4 rings (SSSR count). The second-order valence-corrected chi connectivity index (χ2v) is 9.47. The third-order valence-electron chi connectivity index (χ3n) is 7.53. The van der Waals surface area contributed by atoms with Gasteiger partial charge in [0.25, 0.3) is 5.91 Å². The molecule has 0 bridgehead atoms. The highest BCUT2D eigenvalue weighted by Gasteiger charge is 2.68. The fraction of sp³-hybridized carbons (Fsp3) is 0.417. The van der Waals surface area contributed by atoms with Gasteiger partial charge in [-0.15, -0.1) is 0 Å². The van der Waals surface area contributed by atoms with Crippen LogP contribution in [0.2, 0.25) is 0 Å². The van der Waals surface area contributed by atoms with Crippen LogP contribution in [-0.2, 0) is 19.1 Å². The second-order valence-electron chi connectivity index (χ2n) is 9.47. The van der Waals surface area contributed by atoms with Crippen molar-refractivity contribution >= 4 is 29.2 Å². The van der Waals surface area contributed by atoms with Crippen molar-refractivity contribution in [2.75, 3.05) is 21.2 Å². The Hall–Kier alpha value is -3.74. The summed E-state index contributed by atoms with van der Waals surface area (Å²) in [6.07, 6.45) is -1.69. The van der Waals surface area contributed by atoms with Crippen LogP contribution in [0, 0.1) is 11.8 Å². The van der Waals surface area contributed by atoms with Crippen molar-refractivity contribution in [2.24, 2.45) is 17.6 Å². The van der Waals surface area contributed by atoms with Crippen LogP contribution in [0.4, 0.5) is 0 Å². The molecule has 0 spiro atoms. The van der Waals surface area contributed by atoms with Crippen LogP contribution in [0.5, 0.6) is 5.75 Å². The van der Waals surface area contributed by atoms with E-state index in [1.807, 2.05) is 0 Å². The zero-order valence-electron chi connectivity index (χ0n) is 19.8. The Morgan fingerprint density at radius 2 is 1.75 bits per heavy atom. The number of hydrogen-bond donors (Lipinski definition) is 6. The minimum atomic E-state index is -3.00. The third-order valence-corrected chi connectivity index (χ3v) is 7.53. The first-order chi connectivity index (χ1) is 16.7. The molecule has 1 fully saturated rings. The first kappa shape index (κ1) is 25.4. The predicted octanol–water partition coefficient (Wildman–Crippen LogP) is -0.718.